The Labute approximate surface area is 265 Å². The summed E-state index contributed by atoms with van der Waals surface area (Å²) < 4.78 is 16.8. The van der Waals surface area contributed by atoms with Crippen LogP contribution in [-0.4, -0.2) is 63.9 Å². The minimum Gasteiger partial charge on any atom is -0.493 e. The van der Waals surface area contributed by atoms with Crippen LogP contribution in [0.2, 0.25) is 0 Å². The van der Waals surface area contributed by atoms with Crippen molar-refractivity contribution in [3.63, 3.8) is 0 Å². The molecule has 43 heavy (non-hydrogen) atoms. The first-order chi connectivity index (χ1) is 20.6. The predicted molar refractivity (Wildman–Crippen MR) is 182 cm³/mol. The highest BCUT2D eigenvalue weighted by atomic mass is 32.1. The summed E-state index contributed by atoms with van der Waals surface area (Å²) in [7, 11) is 5.03. The number of aryl methyl sites for hydroxylation is 4. The molecular formula is C37H54N2O3S. The smallest absolute Gasteiger partial charge is 0.203 e. The SMILES string of the molecule is COc1ccc(CN2CCN(CCC(C)(C)CCc3sc(C)c(C)c3CCCc3ccc(C)cc3)CC2)c(OC)c1OC. The highest BCUT2D eigenvalue weighted by molar-refractivity contribution is 7.12. The number of methoxy groups -OCH3 is 3. The number of benzene rings is 2. The number of hydrogen-bond acceptors (Lipinski definition) is 6. The van der Waals surface area contributed by atoms with E-state index in [1.54, 1.807) is 31.8 Å². The molecular weight excluding hydrogens is 552 g/mol. The fourth-order valence-corrected chi connectivity index (χ4v) is 7.46. The molecule has 0 spiro atoms. The summed E-state index contributed by atoms with van der Waals surface area (Å²) >= 11 is 2.04. The summed E-state index contributed by atoms with van der Waals surface area (Å²) in [6.07, 6.45) is 7.27. The molecule has 0 bridgehead atoms. The van der Waals surface area contributed by atoms with Crippen molar-refractivity contribution in [2.45, 2.75) is 79.7 Å². The van der Waals surface area contributed by atoms with Gasteiger partial charge in [-0.25, -0.2) is 0 Å². The lowest BCUT2D eigenvalue weighted by atomic mass is 9.83. The summed E-state index contributed by atoms with van der Waals surface area (Å²) in [5.74, 6) is 2.15. The first-order valence-corrected chi connectivity index (χ1v) is 16.8. The second-order valence-corrected chi connectivity index (χ2v) is 14.4. The normalized spacial score (nSPS) is 14.7. The molecule has 0 saturated carbocycles. The first-order valence-electron chi connectivity index (χ1n) is 16.0. The van der Waals surface area contributed by atoms with Crippen molar-refractivity contribution < 1.29 is 14.2 Å². The molecule has 1 aromatic heterocycles. The van der Waals surface area contributed by atoms with Gasteiger partial charge >= 0.3 is 0 Å². The average Bonchev–Trinajstić information content (AvgIpc) is 3.28. The number of piperazine rings is 1. The highest BCUT2D eigenvalue weighted by Gasteiger charge is 2.25. The Morgan fingerprint density at radius 1 is 0.744 bits per heavy atom. The lowest BCUT2D eigenvalue weighted by molar-refractivity contribution is 0.112. The van der Waals surface area contributed by atoms with Gasteiger partial charge in [0.25, 0.3) is 0 Å². The van der Waals surface area contributed by atoms with E-state index >= 15 is 0 Å². The van der Waals surface area contributed by atoms with Gasteiger partial charge in [0.1, 0.15) is 0 Å². The van der Waals surface area contributed by atoms with E-state index in [0.29, 0.717) is 16.9 Å². The van der Waals surface area contributed by atoms with Crippen molar-refractivity contribution >= 4 is 11.3 Å². The highest BCUT2D eigenvalue weighted by Crippen LogP contribution is 2.40. The van der Waals surface area contributed by atoms with E-state index in [9.17, 15) is 0 Å². The fraction of sp³-hybridized carbons (Fsp3) is 0.568. The van der Waals surface area contributed by atoms with E-state index in [1.807, 2.05) is 17.4 Å². The molecule has 1 aliphatic rings. The quantitative estimate of drug-likeness (QED) is 0.175. The average molecular weight is 607 g/mol. The van der Waals surface area contributed by atoms with Crippen LogP contribution in [0.15, 0.2) is 36.4 Å². The lowest BCUT2D eigenvalue weighted by Gasteiger charge is -2.36. The largest absolute Gasteiger partial charge is 0.493 e. The van der Waals surface area contributed by atoms with E-state index in [-0.39, 0.29) is 0 Å². The molecule has 1 saturated heterocycles. The molecule has 0 aliphatic carbocycles. The Morgan fingerprint density at radius 3 is 2.07 bits per heavy atom. The van der Waals surface area contributed by atoms with Crippen molar-refractivity contribution in [2.75, 3.05) is 54.1 Å². The summed E-state index contributed by atoms with van der Waals surface area (Å²) in [5.41, 5.74) is 7.43. The summed E-state index contributed by atoms with van der Waals surface area (Å²) in [4.78, 5) is 8.31. The molecule has 4 rings (SSSR count). The fourth-order valence-electron chi connectivity index (χ4n) is 6.23. The van der Waals surface area contributed by atoms with Gasteiger partial charge in [-0.1, -0.05) is 49.7 Å². The molecule has 1 fully saturated rings. The molecule has 1 aliphatic heterocycles. The summed E-state index contributed by atoms with van der Waals surface area (Å²) in [6.45, 7) is 18.1. The Kier molecular flexibility index (Phi) is 12.0. The maximum absolute atomic E-state index is 5.72. The number of ether oxygens (including phenoxy) is 3. The van der Waals surface area contributed by atoms with Gasteiger partial charge in [0.2, 0.25) is 5.75 Å². The maximum Gasteiger partial charge on any atom is 0.203 e. The van der Waals surface area contributed by atoms with Crippen LogP contribution in [0.3, 0.4) is 0 Å². The second-order valence-electron chi connectivity index (χ2n) is 13.0. The third-order valence-electron chi connectivity index (χ3n) is 9.38. The van der Waals surface area contributed by atoms with Crippen LogP contribution in [0.25, 0.3) is 0 Å². The van der Waals surface area contributed by atoms with Gasteiger partial charge in [-0.3, -0.25) is 4.90 Å². The van der Waals surface area contributed by atoms with Crippen molar-refractivity contribution in [3.8, 4) is 17.2 Å². The molecule has 236 valence electrons. The van der Waals surface area contributed by atoms with Gasteiger partial charge in [0.05, 0.1) is 21.3 Å². The minimum atomic E-state index is 0.328. The third-order valence-corrected chi connectivity index (χ3v) is 10.7. The zero-order valence-corrected chi connectivity index (χ0v) is 28.8. The zero-order chi connectivity index (χ0) is 31.0. The van der Waals surface area contributed by atoms with Crippen molar-refractivity contribution in [1.29, 1.82) is 0 Å². The summed E-state index contributed by atoms with van der Waals surface area (Å²) in [5, 5.41) is 0. The number of thiophene rings is 1. The van der Waals surface area contributed by atoms with Gasteiger partial charge in [-0.15, -0.1) is 11.3 Å². The standard InChI is InChI=1S/C37H54N2O3S/c1-27-12-14-30(15-13-27)10-9-11-32-28(2)29(3)43-34(32)18-19-37(4,5)20-21-38-22-24-39(25-23-38)26-31-16-17-33(40-6)36(42-8)35(31)41-7/h12-17H,9-11,18-26H2,1-8H3. The van der Waals surface area contributed by atoms with Gasteiger partial charge in [-0.2, -0.15) is 0 Å². The first kappa shape index (κ1) is 33.4. The van der Waals surface area contributed by atoms with Gasteiger partial charge in [-0.05, 0) is 94.0 Å². The molecule has 0 radical (unpaired) electrons. The van der Waals surface area contributed by atoms with Crippen LogP contribution in [-0.2, 0) is 25.8 Å². The van der Waals surface area contributed by atoms with Crippen LogP contribution < -0.4 is 14.2 Å². The van der Waals surface area contributed by atoms with E-state index in [1.165, 1.54) is 60.2 Å². The van der Waals surface area contributed by atoms with E-state index in [4.69, 9.17) is 14.2 Å². The number of nitrogens with zero attached hydrogens (tertiary/aromatic N) is 2. The van der Waals surface area contributed by atoms with E-state index in [2.05, 4.69) is 74.8 Å². The van der Waals surface area contributed by atoms with Gasteiger partial charge < -0.3 is 19.1 Å². The topological polar surface area (TPSA) is 34.2 Å². The molecule has 0 unspecified atom stereocenters. The summed E-state index contributed by atoms with van der Waals surface area (Å²) in [6, 6.07) is 13.1. The third kappa shape index (κ3) is 8.99. The molecule has 2 aromatic carbocycles. The van der Waals surface area contributed by atoms with Crippen molar-refractivity contribution in [1.82, 2.24) is 9.80 Å². The molecule has 3 aromatic rings. The van der Waals surface area contributed by atoms with Crippen LogP contribution >= 0.6 is 11.3 Å². The zero-order valence-electron chi connectivity index (χ0n) is 28.0. The Morgan fingerprint density at radius 2 is 1.42 bits per heavy atom. The lowest BCUT2D eigenvalue weighted by Crippen LogP contribution is -2.46. The number of hydrogen-bond donors (Lipinski definition) is 0. The van der Waals surface area contributed by atoms with Gasteiger partial charge in [0.15, 0.2) is 11.5 Å². The molecule has 0 amide bonds. The monoisotopic (exact) mass is 606 g/mol. The van der Waals surface area contributed by atoms with E-state index in [0.717, 1.165) is 50.5 Å². The molecule has 6 heteroatoms. The van der Waals surface area contributed by atoms with Crippen LogP contribution in [0, 0.1) is 26.2 Å². The Bertz CT molecular complexity index is 1310. The Hall–Kier alpha value is -2.54. The maximum atomic E-state index is 5.72. The number of rotatable bonds is 15. The van der Waals surface area contributed by atoms with Crippen LogP contribution in [0.4, 0.5) is 0 Å². The van der Waals surface area contributed by atoms with Crippen LogP contribution in [0.1, 0.15) is 70.7 Å². The minimum absolute atomic E-state index is 0.328. The van der Waals surface area contributed by atoms with Gasteiger partial charge in [0, 0.05) is 48.0 Å². The van der Waals surface area contributed by atoms with Crippen molar-refractivity contribution in [2.24, 2.45) is 5.41 Å². The predicted octanol–water partition coefficient (Wildman–Crippen LogP) is 8.04. The Balaban J connectivity index is 1.23. The molecule has 2 heterocycles. The molecule has 0 N–H and O–H groups in total. The van der Waals surface area contributed by atoms with E-state index < -0.39 is 0 Å². The second kappa shape index (κ2) is 15.5. The van der Waals surface area contributed by atoms with Crippen molar-refractivity contribution in [3.05, 3.63) is 74.0 Å². The molecule has 0 atom stereocenters. The molecule has 5 nitrogen and oxygen atoms in total. The van der Waals surface area contributed by atoms with Crippen LogP contribution in [0.5, 0.6) is 17.2 Å².